The van der Waals surface area contributed by atoms with E-state index in [1.165, 1.54) is 36.4 Å². The number of rotatable bonds is 8. The molecule has 9 aliphatic rings. The fraction of sp³-hybridized carbons (Fsp3) is 0.326. The molecule has 6 aliphatic heterocycles. The summed E-state index contributed by atoms with van der Waals surface area (Å²) in [7, 11) is 0. The highest BCUT2D eigenvalue weighted by Crippen LogP contribution is 2.46. The number of fused-ring (bicyclic) bond motifs is 3. The number of aromatic nitrogens is 9. The van der Waals surface area contributed by atoms with Crippen LogP contribution in [0.15, 0.2) is 159 Å². The Morgan fingerprint density at radius 3 is 1.07 bits per heavy atom. The Balaban J connectivity index is 0.000000119. The van der Waals surface area contributed by atoms with Crippen LogP contribution < -0.4 is 0 Å². The monoisotopic (exact) mass is 1620 g/mol. The van der Waals surface area contributed by atoms with Gasteiger partial charge in [0.25, 0.3) is 0 Å². The summed E-state index contributed by atoms with van der Waals surface area (Å²) in [5.74, 6) is -1.98. The molecule has 0 unspecified atom stereocenters. The van der Waals surface area contributed by atoms with E-state index in [0.29, 0.717) is 183 Å². The maximum Gasteiger partial charge on any atom is 0.320 e. The number of hydrogen-bond donors (Lipinski definition) is 0. The Hall–Kier alpha value is -13.1. The number of amides is 6. The van der Waals surface area contributed by atoms with E-state index in [1.54, 1.807) is 70.7 Å². The summed E-state index contributed by atoms with van der Waals surface area (Å²) < 4.78 is 71.0. The third kappa shape index (κ3) is 13.5. The minimum absolute atomic E-state index is 0.00730. The third-order valence-electron chi connectivity index (χ3n) is 25.7. The Labute approximate surface area is 685 Å². The number of hydrogen-bond acceptors (Lipinski definition) is 12. The number of Topliss-reactive ketones (excluding diaryl/α,β-unsaturated/α-hetero) is 6. The van der Waals surface area contributed by atoms with Gasteiger partial charge in [0.2, 0.25) is 0 Å². The van der Waals surface area contributed by atoms with Gasteiger partial charge in [-0.25, -0.2) is 46.9 Å². The lowest BCUT2D eigenvalue weighted by atomic mass is 9.95. The molecule has 15 heterocycles. The van der Waals surface area contributed by atoms with Gasteiger partial charge < -0.3 is 43.1 Å². The zero-order valence-corrected chi connectivity index (χ0v) is 66.4. The Bertz CT molecular complexity index is 6520. The van der Waals surface area contributed by atoms with E-state index in [-0.39, 0.29) is 116 Å². The normalized spacial score (nSPS) is 18.7. The molecule has 3 aromatic carbocycles. The molecule has 120 heavy (non-hydrogen) atoms. The summed E-state index contributed by atoms with van der Waals surface area (Å²) in [5.41, 5.74) is 10.0. The lowest BCUT2D eigenvalue weighted by Gasteiger charge is -2.37. The van der Waals surface area contributed by atoms with Gasteiger partial charge in [0.05, 0.1) is 88.2 Å². The van der Waals surface area contributed by atoms with Crippen LogP contribution in [-0.4, -0.2) is 189 Å². The maximum atomic E-state index is 15.1. The number of piperidine rings is 3. The number of benzene rings is 3. The lowest BCUT2D eigenvalue weighted by Crippen LogP contribution is -2.49. The van der Waals surface area contributed by atoms with Crippen molar-refractivity contribution in [3.05, 3.63) is 227 Å². The number of ketones is 6. The van der Waals surface area contributed by atoms with Gasteiger partial charge in [-0.2, -0.15) is 0 Å². The van der Waals surface area contributed by atoms with E-state index in [4.69, 9.17) is 0 Å². The highest BCUT2D eigenvalue weighted by Gasteiger charge is 2.42. The molecule has 12 aromatic rings. The number of allylic oxidation sites excluding steroid dienone is 7. The van der Waals surface area contributed by atoms with Gasteiger partial charge in [-0.3, -0.25) is 42.0 Å². The molecule has 21 rings (SSSR count). The van der Waals surface area contributed by atoms with E-state index in [0.717, 1.165) is 61.7 Å². The van der Waals surface area contributed by atoms with Crippen LogP contribution in [0.5, 0.6) is 0 Å². The number of likely N-dealkylation sites (tertiary alicyclic amines) is 3. The Morgan fingerprint density at radius 1 is 0.425 bits per heavy atom. The predicted octanol–water partition coefficient (Wildman–Crippen LogP) is 14.3. The van der Waals surface area contributed by atoms with Crippen molar-refractivity contribution in [3.63, 3.8) is 0 Å². The Kier molecular flexibility index (Phi) is 19.4. The predicted molar refractivity (Wildman–Crippen MR) is 442 cm³/mol. The van der Waals surface area contributed by atoms with Gasteiger partial charge in [0, 0.05) is 185 Å². The number of nitrogens with zero attached hydrogens (tertiary/aromatic N) is 15. The lowest BCUT2D eigenvalue weighted by molar-refractivity contribution is -0.121. The van der Waals surface area contributed by atoms with E-state index in [2.05, 4.69) is 28.5 Å². The highest BCUT2D eigenvalue weighted by molar-refractivity contribution is 6.53. The van der Waals surface area contributed by atoms with E-state index >= 15 is 13.2 Å². The van der Waals surface area contributed by atoms with Crippen molar-refractivity contribution in [2.24, 2.45) is 11.8 Å². The van der Waals surface area contributed by atoms with Crippen molar-refractivity contribution in [1.82, 2.24) is 71.3 Å². The Morgan fingerprint density at radius 2 is 0.742 bits per heavy atom. The number of pyridine rings is 3. The quantitative estimate of drug-likeness (QED) is 0.0784. The van der Waals surface area contributed by atoms with Crippen LogP contribution in [0, 0.1) is 29.3 Å². The fourth-order valence-electron chi connectivity index (χ4n) is 19.4. The van der Waals surface area contributed by atoms with Crippen LogP contribution in [0.1, 0.15) is 129 Å². The van der Waals surface area contributed by atoms with Crippen LogP contribution in [0.25, 0.3) is 83.1 Å². The topological polar surface area (TPSA) is 240 Å². The first kappa shape index (κ1) is 76.8. The van der Waals surface area contributed by atoms with Crippen LogP contribution >= 0.6 is 0 Å². The zero-order valence-electron chi connectivity index (χ0n) is 66.4. The van der Waals surface area contributed by atoms with Crippen molar-refractivity contribution >= 4 is 136 Å². The summed E-state index contributed by atoms with van der Waals surface area (Å²) in [6.45, 7) is 14.6. The van der Waals surface area contributed by atoms with Gasteiger partial charge in [0.1, 0.15) is 40.1 Å². The van der Waals surface area contributed by atoms with Gasteiger partial charge in [-0.1, -0.05) is 37.6 Å². The number of imidazole rings is 3. The second kappa shape index (κ2) is 30.3. The number of carbonyl (C=O) groups excluding carboxylic acids is 9. The van der Waals surface area contributed by atoms with Crippen LogP contribution in [0.2, 0.25) is 0 Å². The molecule has 0 spiro atoms. The van der Waals surface area contributed by atoms with E-state index in [9.17, 15) is 47.5 Å². The molecule has 0 atom stereocenters. The first-order chi connectivity index (χ1) is 58.0. The van der Waals surface area contributed by atoms with Crippen molar-refractivity contribution in [3.8, 4) is 0 Å². The molecular formula is C92H85F4N15O9. The average Bonchev–Trinajstić information content (AvgIpc) is 1.58. The molecular weight excluding hydrogens is 1540 g/mol. The molecule has 0 bridgehead atoms. The van der Waals surface area contributed by atoms with Crippen molar-refractivity contribution in [2.45, 2.75) is 123 Å². The van der Waals surface area contributed by atoms with Crippen molar-refractivity contribution in [2.75, 3.05) is 58.9 Å². The molecule has 6 amide bonds. The molecule has 3 saturated heterocycles. The molecule has 9 aromatic heterocycles. The minimum Gasteiger partial charge on any atom is -0.345 e. The standard InChI is InChI=1S/C31H30FN5O3.C31H28FN5O3.C30H27F2N5O3/c2*1-2-19-6-9-34(10-7-19)31(40)36-12-11-35-18-23(22-14-21(32)13-20(17-36)30(22)35)28-25(38)15-26(39)29(28)24-16-33-27-5-3-4-8-37(24)27;1-30(32)5-8-34(9-6-30)29(40)36-11-10-35-17-21(20-13-19(31)12-18(16-36)28(20)35)26-23(38)14-24(39)27(26)22-15-33-25-4-2-3-7-37(22)25/h3-5,8,13-14,16,18-19H,2,6-7,9-12,15,17H2,1H3;2-5,8,13-14,16,18-19H,1,6-7,9-12,15,17H2;2-4,7,12-13,15,17H,5-6,8-11,14,16H2,1H3. The van der Waals surface area contributed by atoms with Crippen LogP contribution in [0.3, 0.4) is 0 Å². The second-order valence-corrected chi connectivity index (χ2v) is 33.0. The molecule has 3 fully saturated rings. The smallest absolute Gasteiger partial charge is 0.320 e. The summed E-state index contributed by atoms with van der Waals surface area (Å²) in [4.78, 5) is 144. The van der Waals surface area contributed by atoms with Gasteiger partial charge >= 0.3 is 18.1 Å². The molecule has 28 heteroatoms. The summed E-state index contributed by atoms with van der Waals surface area (Å²) in [6, 6.07) is 25.0. The molecule has 3 aliphatic carbocycles. The first-order valence-electron chi connectivity index (χ1n) is 41.1. The summed E-state index contributed by atoms with van der Waals surface area (Å²) >= 11 is 0. The first-order valence-corrected chi connectivity index (χ1v) is 41.1. The van der Waals surface area contributed by atoms with Crippen molar-refractivity contribution < 1.29 is 60.7 Å². The minimum atomic E-state index is -1.27. The highest BCUT2D eigenvalue weighted by atomic mass is 19.1. The van der Waals surface area contributed by atoms with E-state index < -0.39 is 23.1 Å². The van der Waals surface area contributed by atoms with Gasteiger partial charge in [0.15, 0.2) is 34.7 Å². The molecule has 24 nitrogen and oxygen atoms in total. The SMILES string of the molecule is C=CC1CCN(C(=O)N2CCn3cc(C4=C(c5cnc6ccccn56)C(=O)CC4=O)c4cc(F)cc(c43)C2)CC1.CC1(F)CCN(C(=O)N2CCn3cc(C4=C(c5cnc6ccccn56)C(=O)CC4=O)c4cc(F)cc(c43)C2)CC1.CCC1CCN(C(=O)N2CCn3cc(C4=C(c5cnc6ccccn56)C(=O)CC4=O)c4cc(F)cc(c43)C2)CC1. The number of urea groups is 3. The second-order valence-electron chi connectivity index (χ2n) is 33.0. The number of alkyl halides is 1. The average molecular weight is 1620 g/mol. The number of carbonyl (C=O) groups is 9. The molecule has 0 radical (unpaired) electrons. The van der Waals surface area contributed by atoms with Crippen molar-refractivity contribution in [1.29, 1.82) is 0 Å². The summed E-state index contributed by atoms with van der Waals surface area (Å²) in [5, 5.41) is 1.68. The van der Waals surface area contributed by atoms with Crippen LogP contribution in [0.4, 0.5) is 31.9 Å². The zero-order chi connectivity index (χ0) is 82.8. The molecule has 0 saturated carbocycles. The largest absolute Gasteiger partial charge is 0.345 e. The van der Waals surface area contributed by atoms with Gasteiger partial charge in [-0.05, 0) is 147 Å². The van der Waals surface area contributed by atoms with E-state index in [1.807, 2.05) is 109 Å². The molecule has 610 valence electrons. The third-order valence-corrected chi connectivity index (χ3v) is 25.7. The number of halogens is 4. The van der Waals surface area contributed by atoms with Crippen LogP contribution in [-0.2, 0) is 68.0 Å². The maximum absolute atomic E-state index is 15.1. The fourth-order valence-corrected chi connectivity index (χ4v) is 19.4. The molecule has 0 N–H and O–H groups in total. The van der Waals surface area contributed by atoms with Gasteiger partial charge in [-0.15, -0.1) is 6.58 Å². The summed E-state index contributed by atoms with van der Waals surface area (Å²) in [6.07, 6.45) is 22.5.